The zero-order chi connectivity index (χ0) is 19.3. The zero-order valence-electron chi connectivity index (χ0n) is 14.7. The van der Waals surface area contributed by atoms with Gasteiger partial charge in [-0.1, -0.05) is 22.0 Å². The number of aromatic nitrogens is 1. The number of halogens is 2. The van der Waals surface area contributed by atoms with Gasteiger partial charge >= 0.3 is 0 Å². The summed E-state index contributed by atoms with van der Waals surface area (Å²) < 4.78 is 26.5. The van der Waals surface area contributed by atoms with E-state index in [-0.39, 0.29) is 6.61 Å². The number of pyridine rings is 1. The summed E-state index contributed by atoms with van der Waals surface area (Å²) in [6.07, 6.45) is 1.45. The molecule has 3 heterocycles. The van der Waals surface area contributed by atoms with Crippen molar-refractivity contribution in [3.8, 4) is 22.6 Å². The smallest absolute Gasteiger partial charge is 0.213 e. The number of benzene rings is 2. The van der Waals surface area contributed by atoms with Crippen molar-refractivity contribution in [2.75, 3.05) is 13.2 Å². The Hall–Kier alpha value is -2.77. The third-order valence-corrected chi connectivity index (χ3v) is 5.48. The van der Waals surface area contributed by atoms with Crippen molar-refractivity contribution >= 4 is 21.8 Å². The Labute approximate surface area is 169 Å². The molecule has 7 heteroatoms. The van der Waals surface area contributed by atoms with Gasteiger partial charge in [0.1, 0.15) is 29.5 Å². The lowest BCUT2D eigenvalue weighted by Crippen LogP contribution is -2.42. The fourth-order valence-corrected chi connectivity index (χ4v) is 4.13. The van der Waals surface area contributed by atoms with Crippen molar-refractivity contribution in [2.24, 2.45) is 10.7 Å². The van der Waals surface area contributed by atoms with Crippen LogP contribution in [0.3, 0.4) is 0 Å². The van der Waals surface area contributed by atoms with Gasteiger partial charge < -0.3 is 15.2 Å². The van der Waals surface area contributed by atoms with Crippen molar-refractivity contribution < 1.29 is 13.9 Å². The van der Waals surface area contributed by atoms with Gasteiger partial charge in [0, 0.05) is 27.9 Å². The molecule has 2 aliphatic heterocycles. The summed E-state index contributed by atoms with van der Waals surface area (Å²) in [5, 5.41) is 0. The molecule has 0 aliphatic carbocycles. The maximum Gasteiger partial charge on any atom is 0.213 e. The van der Waals surface area contributed by atoms with E-state index in [2.05, 4.69) is 20.9 Å². The molecule has 0 fully saturated rings. The first-order chi connectivity index (χ1) is 13.5. The Morgan fingerprint density at radius 1 is 1.00 bits per heavy atom. The van der Waals surface area contributed by atoms with E-state index >= 15 is 0 Å². The maximum absolute atomic E-state index is 13.6. The van der Waals surface area contributed by atoms with Crippen LogP contribution in [0.4, 0.5) is 4.39 Å². The van der Waals surface area contributed by atoms with Crippen molar-refractivity contribution in [3.63, 3.8) is 0 Å². The average Bonchev–Trinajstić information content (AvgIpc) is 2.69. The van der Waals surface area contributed by atoms with E-state index in [1.54, 1.807) is 6.07 Å². The summed E-state index contributed by atoms with van der Waals surface area (Å²) in [5.41, 5.74) is 8.51. The number of fused-ring (bicyclic) bond motifs is 4. The second-order valence-corrected chi connectivity index (χ2v) is 7.69. The zero-order valence-corrected chi connectivity index (χ0v) is 16.2. The number of amidine groups is 1. The summed E-state index contributed by atoms with van der Waals surface area (Å²) in [6, 6.07) is 14.7. The maximum atomic E-state index is 13.6. The highest BCUT2D eigenvalue weighted by Crippen LogP contribution is 2.51. The number of nitrogens with two attached hydrogens (primary N) is 1. The SMILES string of the molecule is NC1=NC2(COC1)c1cc(Br)ccc1Oc1ccc(-c3ccnc(F)c3)cc12. The molecule has 1 spiro atoms. The molecule has 1 aromatic heterocycles. The molecule has 0 bridgehead atoms. The molecule has 1 unspecified atom stereocenters. The standard InChI is InChI=1S/C21H15BrFN3O2/c22-14-2-4-18-16(9-14)21(11-27-10-20(24)26-21)15-7-12(1-3-17(15)28-18)13-5-6-25-19(23)8-13/h1-9H,10-11H2,(H2,24,26). The topological polar surface area (TPSA) is 69.7 Å². The van der Waals surface area contributed by atoms with Crippen LogP contribution >= 0.6 is 15.9 Å². The van der Waals surface area contributed by atoms with Crippen molar-refractivity contribution in [2.45, 2.75) is 5.54 Å². The van der Waals surface area contributed by atoms with Gasteiger partial charge in [-0.15, -0.1) is 0 Å². The molecule has 0 saturated heterocycles. The molecule has 1 atom stereocenters. The van der Waals surface area contributed by atoms with E-state index in [0.717, 1.165) is 26.7 Å². The molecule has 2 aromatic carbocycles. The van der Waals surface area contributed by atoms with E-state index in [4.69, 9.17) is 20.2 Å². The first-order valence-electron chi connectivity index (χ1n) is 8.71. The molecule has 0 saturated carbocycles. The first-order valence-corrected chi connectivity index (χ1v) is 9.51. The Morgan fingerprint density at radius 3 is 2.54 bits per heavy atom. The van der Waals surface area contributed by atoms with Crippen LogP contribution in [0, 0.1) is 5.95 Å². The van der Waals surface area contributed by atoms with Crippen LogP contribution in [0.2, 0.25) is 0 Å². The van der Waals surface area contributed by atoms with Gasteiger partial charge in [-0.25, -0.2) is 4.98 Å². The molecule has 0 radical (unpaired) electrons. The number of nitrogens with zero attached hydrogens (tertiary/aromatic N) is 2. The monoisotopic (exact) mass is 439 g/mol. The molecule has 28 heavy (non-hydrogen) atoms. The summed E-state index contributed by atoms with van der Waals surface area (Å²) in [7, 11) is 0. The van der Waals surface area contributed by atoms with Gasteiger partial charge in [0.2, 0.25) is 5.95 Å². The number of aliphatic imine (C=N–C) groups is 1. The van der Waals surface area contributed by atoms with E-state index in [0.29, 0.717) is 23.9 Å². The molecular formula is C21H15BrFN3O2. The quantitative estimate of drug-likeness (QED) is 0.570. The number of ether oxygens (including phenoxy) is 2. The fraction of sp³-hybridized carbons (Fsp3) is 0.143. The van der Waals surface area contributed by atoms with Gasteiger partial charge in [0.15, 0.2) is 0 Å². The van der Waals surface area contributed by atoms with Crippen LogP contribution in [-0.4, -0.2) is 24.0 Å². The molecule has 5 rings (SSSR count). The van der Waals surface area contributed by atoms with Crippen molar-refractivity contribution in [1.82, 2.24) is 4.98 Å². The molecule has 2 aliphatic rings. The van der Waals surface area contributed by atoms with E-state index in [1.807, 2.05) is 36.4 Å². The Kier molecular flexibility index (Phi) is 3.96. The molecule has 3 aromatic rings. The highest BCUT2D eigenvalue weighted by atomic mass is 79.9. The molecular weight excluding hydrogens is 425 g/mol. The lowest BCUT2D eigenvalue weighted by Gasteiger charge is -2.39. The van der Waals surface area contributed by atoms with Crippen LogP contribution in [-0.2, 0) is 10.3 Å². The minimum absolute atomic E-state index is 0.288. The summed E-state index contributed by atoms with van der Waals surface area (Å²) in [6.45, 7) is 0.623. The Bertz CT molecular complexity index is 1130. The minimum atomic E-state index is -0.823. The normalized spacial score (nSPS) is 20.1. The lowest BCUT2D eigenvalue weighted by atomic mass is 9.79. The van der Waals surface area contributed by atoms with Gasteiger partial charge in [-0.05, 0) is 47.5 Å². The third-order valence-electron chi connectivity index (χ3n) is 4.99. The molecule has 2 N–H and O–H groups in total. The minimum Gasteiger partial charge on any atom is -0.457 e. The van der Waals surface area contributed by atoms with Crippen molar-refractivity contribution in [1.29, 1.82) is 0 Å². The number of rotatable bonds is 1. The Morgan fingerprint density at radius 2 is 1.75 bits per heavy atom. The number of hydrogen-bond donors (Lipinski definition) is 1. The Balaban J connectivity index is 1.76. The van der Waals surface area contributed by atoms with Gasteiger partial charge in [-0.2, -0.15) is 4.39 Å². The van der Waals surface area contributed by atoms with E-state index < -0.39 is 11.5 Å². The predicted octanol–water partition coefficient (Wildman–Crippen LogP) is 4.39. The van der Waals surface area contributed by atoms with Crippen LogP contribution in [0.15, 0.2) is 64.2 Å². The largest absolute Gasteiger partial charge is 0.457 e. The van der Waals surface area contributed by atoms with Gasteiger partial charge in [0.05, 0.1) is 6.61 Å². The van der Waals surface area contributed by atoms with E-state index in [9.17, 15) is 4.39 Å². The second kappa shape index (κ2) is 6.39. The summed E-state index contributed by atoms with van der Waals surface area (Å²) in [5.74, 6) is 1.28. The lowest BCUT2D eigenvalue weighted by molar-refractivity contribution is 0.110. The first kappa shape index (κ1) is 17.3. The van der Waals surface area contributed by atoms with Crippen molar-refractivity contribution in [3.05, 3.63) is 76.3 Å². The highest BCUT2D eigenvalue weighted by molar-refractivity contribution is 9.10. The molecule has 5 nitrogen and oxygen atoms in total. The average molecular weight is 440 g/mol. The third kappa shape index (κ3) is 2.70. The fourth-order valence-electron chi connectivity index (χ4n) is 3.77. The summed E-state index contributed by atoms with van der Waals surface area (Å²) >= 11 is 3.53. The van der Waals surface area contributed by atoms with Crippen LogP contribution in [0.5, 0.6) is 11.5 Å². The molecule has 140 valence electrons. The predicted molar refractivity (Wildman–Crippen MR) is 107 cm³/mol. The summed E-state index contributed by atoms with van der Waals surface area (Å²) in [4.78, 5) is 8.46. The van der Waals surface area contributed by atoms with Crippen LogP contribution < -0.4 is 10.5 Å². The van der Waals surface area contributed by atoms with Crippen LogP contribution in [0.1, 0.15) is 11.1 Å². The number of hydrogen-bond acceptors (Lipinski definition) is 5. The second-order valence-electron chi connectivity index (χ2n) is 6.78. The van der Waals surface area contributed by atoms with Gasteiger partial charge in [-0.3, -0.25) is 4.99 Å². The highest BCUT2D eigenvalue weighted by Gasteiger charge is 2.45. The van der Waals surface area contributed by atoms with Gasteiger partial charge in [0.25, 0.3) is 0 Å². The van der Waals surface area contributed by atoms with E-state index in [1.165, 1.54) is 12.3 Å². The van der Waals surface area contributed by atoms with Crippen LogP contribution in [0.25, 0.3) is 11.1 Å². The molecule has 0 amide bonds.